The number of nitrogens with zero attached hydrogens (tertiary/aromatic N) is 1. The van der Waals surface area contributed by atoms with Crippen LogP contribution in [0.3, 0.4) is 0 Å². The first kappa shape index (κ1) is 21.4. The number of amides is 1. The highest BCUT2D eigenvalue weighted by molar-refractivity contribution is 7.10. The molecule has 2 heterocycles. The Labute approximate surface area is 187 Å². The highest BCUT2D eigenvalue weighted by Gasteiger charge is 2.32. The quantitative estimate of drug-likeness (QED) is 0.593. The van der Waals surface area contributed by atoms with Gasteiger partial charge in [-0.15, -0.1) is 11.3 Å². The average Bonchev–Trinajstić information content (AvgIpc) is 3.29. The number of carbonyl (C=O) groups excluding carboxylic acids is 1. The van der Waals surface area contributed by atoms with Gasteiger partial charge < -0.3 is 14.8 Å². The SMILES string of the molecule is COc1cc2c(cc1OC)C(c1cccs1)N(CC(=O)Nc1cc(C)ccc1C)CC2. The summed E-state index contributed by atoms with van der Waals surface area (Å²) in [5.41, 5.74) is 5.48. The number of carbonyl (C=O) groups is 1. The van der Waals surface area contributed by atoms with E-state index in [1.807, 2.05) is 26.0 Å². The molecule has 0 fully saturated rings. The normalized spacial score (nSPS) is 15.9. The van der Waals surface area contributed by atoms with Crippen molar-refractivity contribution in [1.29, 1.82) is 0 Å². The topological polar surface area (TPSA) is 50.8 Å². The van der Waals surface area contributed by atoms with E-state index in [-0.39, 0.29) is 11.9 Å². The first-order chi connectivity index (χ1) is 15.0. The van der Waals surface area contributed by atoms with Crippen LogP contribution in [0.2, 0.25) is 0 Å². The minimum Gasteiger partial charge on any atom is -0.493 e. The van der Waals surface area contributed by atoms with Crippen LogP contribution in [0.1, 0.15) is 33.2 Å². The number of fused-ring (bicyclic) bond motifs is 1. The Morgan fingerprint density at radius 1 is 1.13 bits per heavy atom. The predicted molar refractivity (Wildman–Crippen MR) is 126 cm³/mol. The largest absolute Gasteiger partial charge is 0.493 e. The van der Waals surface area contributed by atoms with Gasteiger partial charge in [0.15, 0.2) is 11.5 Å². The average molecular weight is 437 g/mol. The lowest BCUT2D eigenvalue weighted by molar-refractivity contribution is -0.117. The van der Waals surface area contributed by atoms with Gasteiger partial charge in [-0.05, 0) is 72.2 Å². The van der Waals surface area contributed by atoms with Crippen molar-refractivity contribution in [3.63, 3.8) is 0 Å². The van der Waals surface area contributed by atoms with Crippen molar-refractivity contribution >= 4 is 22.9 Å². The van der Waals surface area contributed by atoms with Gasteiger partial charge in [0.2, 0.25) is 5.91 Å². The van der Waals surface area contributed by atoms with Gasteiger partial charge in [0.25, 0.3) is 0 Å². The van der Waals surface area contributed by atoms with Crippen LogP contribution in [-0.4, -0.2) is 38.1 Å². The molecule has 4 rings (SSSR count). The van der Waals surface area contributed by atoms with Crippen LogP contribution in [0.4, 0.5) is 5.69 Å². The number of rotatable bonds is 6. The molecule has 1 aliphatic heterocycles. The van der Waals surface area contributed by atoms with E-state index in [0.717, 1.165) is 35.5 Å². The fraction of sp³-hybridized carbons (Fsp3) is 0.320. The van der Waals surface area contributed by atoms with Gasteiger partial charge >= 0.3 is 0 Å². The van der Waals surface area contributed by atoms with Crippen LogP contribution in [0.15, 0.2) is 47.8 Å². The molecule has 0 aliphatic carbocycles. The summed E-state index contributed by atoms with van der Waals surface area (Å²) in [6.45, 7) is 5.17. The number of hydrogen-bond donors (Lipinski definition) is 1. The van der Waals surface area contributed by atoms with E-state index in [2.05, 4.69) is 45.9 Å². The zero-order valence-electron chi connectivity index (χ0n) is 18.4. The third-order valence-electron chi connectivity index (χ3n) is 5.80. The number of aryl methyl sites for hydroxylation is 2. The molecule has 0 radical (unpaired) electrons. The Morgan fingerprint density at radius 2 is 1.90 bits per heavy atom. The number of methoxy groups -OCH3 is 2. The maximum absolute atomic E-state index is 13.0. The van der Waals surface area contributed by atoms with Gasteiger partial charge in [0, 0.05) is 17.1 Å². The molecule has 5 nitrogen and oxygen atoms in total. The predicted octanol–water partition coefficient (Wildman–Crippen LogP) is 4.97. The summed E-state index contributed by atoms with van der Waals surface area (Å²) in [5, 5.41) is 5.19. The molecule has 0 spiro atoms. The van der Waals surface area contributed by atoms with Crippen LogP contribution >= 0.6 is 11.3 Å². The molecule has 3 aromatic rings. The molecule has 0 bridgehead atoms. The molecule has 162 valence electrons. The molecule has 2 aromatic carbocycles. The Balaban J connectivity index is 1.63. The van der Waals surface area contributed by atoms with E-state index >= 15 is 0 Å². The zero-order chi connectivity index (χ0) is 22.0. The van der Waals surface area contributed by atoms with E-state index < -0.39 is 0 Å². The van der Waals surface area contributed by atoms with Crippen LogP contribution in [-0.2, 0) is 11.2 Å². The Hall–Kier alpha value is -2.83. The summed E-state index contributed by atoms with van der Waals surface area (Å²) >= 11 is 1.71. The Bertz CT molecular complexity index is 1080. The summed E-state index contributed by atoms with van der Waals surface area (Å²) in [7, 11) is 3.32. The standard InChI is InChI=1S/C25H28N2O3S/c1-16-7-8-17(2)20(12-16)26-24(28)15-27-10-9-18-13-21(29-3)22(30-4)14-19(18)25(27)23-6-5-11-31-23/h5-8,11-14,25H,9-10,15H2,1-4H3,(H,26,28). The number of thiophene rings is 1. The van der Waals surface area contributed by atoms with E-state index in [4.69, 9.17) is 9.47 Å². The van der Waals surface area contributed by atoms with Crippen molar-refractivity contribution < 1.29 is 14.3 Å². The third-order valence-corrected chi connectivity index (χ3v) is 6.72. The second kappa shape index (κ2) is 9.12. The first-order valence-corrected chi connectivity index (χ1v) is 11.3. The number of anilines is 1. The second-order valence-electron chi connectivity index (χ2n) is 7.91. The number of benzene rings is 2. The van der Waals surface area contributed by atoms with E-state index in [1.54, 1.807) is 25.6 Å². The molecule has 0 saturated heterocycles. The monoisotopic (exact) mass is 436 g/mol. The fourth-order valence-corrected chi connectivity index (χ4v) is 5.07. The lowest BCUT2D eigenvalue weighted by Crippen LogP contribution is -2.41. The van der Waals surface area contributed by atoms with Crippen LogP contribution in [0, 0.1) is 13.8 Å². The molecule has 1 aromatic heterocycles. The van der Waals surface area contributed by atoms with Gasteiger partial charge in [0.1, 0.15) is 0 Å². The van der Waals surface area contributed by atoms with Gasteiger partial charge in [-0.25, -0.2) is 0 Å². The van der Waals surface area contributed by atoms with Crippen LogP contribution in [0.25, 0.3) is 0 Å². The first-order valence-electron chi connectivity index (χ1n) is 10.4. The van der Waals surface area contributed by atoms with Crippen molar-refractivity contribution in [2.24, 2.45) is 0 Å². The summed E-state index contributed by atoms with van der Waals surface area (Å²) < 4.78 is 11.1. The smallest absolute Gasteiger partial charge is 0.238 e. The highest BCUT2D eigenvalue weighted by Crippen LogP contribution is 2.42. The summed E-state index contributed by atoms with van der Waals surface area (Å²) in [4.78, 5) is 16.5. The minimum atomic E-state index is -0.000757. The minimum absolute atomic E-state index is 0.000757. The van der Waals surface area contributed by atoms with Gasteiger partial charge in [-0.2, -0.15) is 0 Å². The Morgan fingerprint density at radius 3 is 2.61 bits per heavy atom. The third kappa shape index (κ3) is 4.45. The molecule has 1 atom stereocenters. The van der Waals surface area contributed by atoms with Crippen molar-refractivity contribution in [2.75, 3.05) is 32.6 Å². The van der Waals surface area contributed by atoms with Crippen LogP contribution in [0.5, 0.6) is 11.5 Å². The second-order valence-corrected chi connectivity index (χ2v) is 8.89. The van der Waals surface area contributed by atoms with E-state index in [0.29, 0.717) is 12.3 Å². The van der Waals surface area contributed by atoms with Crippen molar-refractivity contribution in [1.82, 2.24) is 4.90 Å². The maximum atomic E-state index is 13.0. The van der Waals surface area contributed by atoms with Crippen molar-refractivity contribution in [2.45, 2.75) is 26.3 Å². The molecule has 1 aliphatic rings. The molecule has 0 saturated carbocycles. The van der Waals surface area contributed by atoms with Crippen LogP contribution < -0.4 is 14.8 Å². The number of hydrogen-bond acceptors (Lipinski definition) is 5. The highest BCUT2D eigenvalue weighted by atomic mass is 32.1. The number of ether oxygens (including phenoxy) is 2. The van der Waals surface area contributed by atoms with Crippen molar-refractivity contribution in [3.8, 4) is 11.5 Å². The lowest BCUT2D eigenvalue weighted by Gasteiger charge is -2.37. The molecular weight excluding hydrogens is 408 g/mol. The van der Waals surface area contributed by atoms with Crippen molar-refractivity contribution in [3.05, 3.63) is 75.0 Å². The summed E-state index contributed by atoms with van der Waals surface area (Å²) in [5.74, 6) is 1.45. The molecule has 1 unspecified atom stereocenters. The maximum Gasteiger partial charge on any atom is 0.238 e. The molecule has 31 heavy (non-hydrogen) atoms. The summed E-state index contributed by atoms with van der Waals surface area (Å²) in [6, 6.07) is 14.5. The zero-order valence-corrected chi connectivity index (χ0v) is 19.2. The Kier molecular flexibility index (Phi) is 6.30. The summed E-state index contributed by atoms with van der Waals surface area (Å²) in [6.07, 6.45) is 0.855. The molecule has 6 heteroatoms. The fourth-order valence-electron chi connectivity index (χ4n) is 4.19. The molecule has 1 N–H and O–H groups in total. The van der Waals surface area contributed by atoms with E-state index in [9.17, 15) is 4.79 Å². The van der Waals surface area contributed by atoms with Gasteiger partial charge in [-0.1, -0.05) is 18.2 Å². The molecule has 1 amide bonds. The molecular formula is C25H28N2O3S. The lowest BCUT2D eigenvalue weighted by atomic mass is 9.91. The van der Waals surface area contributed by atoms with Gasteiger partial charge in [-0.3, -0.25) is 9.69 Å². The van der Waals surface area contributed by atoms with Gasteiger partial charge in [0.05, 0.1) is 26.8 Å². The van der Waals surface area contributed by atoms with E-state index in [1.165, 1.54) is 16.0 Å². The number of nitrogens with one attached hydrogen (secondary N) is 1.